The molecule has 6 nitrogen and oxygen atoms in total. The molecular formula is C33H47NO5. The van der Waals surface area contributed by atoms with E-state index in [-0.39, 0.29) is 35.4 Å². The highest BCUT2D eigenvalue weighted by molar-refractivity contribution is 6.05. The van der Waals surface area contributed by atoms with Crippen molar-refractivity contribution < 1.29 is 24.5 Å². The molecule has 39 heavy (non-hydrogen) atoms. The standard InChI is InChI=1S/C33H47NO5/c1-20(9-14-30(37)39-4)26-12-13-27-25-11-10-22-17-23(34-31(38)24-8-6-5-7-21(24)19-35)15-16-32(22,2)28(25)18-29(36)33(26,27)3/h5-8,20,22,25-29,35-36H,9-19H2,1-4H3/t20?,22-,25?,26-,27?,28?,29+,32+,33-/m1/s1. The van der Waals surface area contributed by atoms with Crippen LogP contribution in [0.25, 0.3) is 0 Å². The van der Waals surface area contributed by atoms with Crippen LogP contribution in [0, 0.1) is 46.3 Å². The summed E-state index contributed by atoms with van der Waals surface area (Å²) >= 11 is 0. The number of ether oxygens (including phenoxy) is 1. The van der Waals surface area contributed by atoms with Crippen molar-refractivity contribution in [3.05, 3.63) is 35.4 Å². The van der Waals surface area contributed by atoms with Crippen LogP contribution in [0.1, 0.15) is 101 Å². The number of benzene rings is 1. The molecule has 6 heteroatoms. The van der Waals surface area contributed by atoms with Crippen LogP contribution in [0.2, 0.25) is 0 Å². The molecule has 2 N–H and O–H groups in total. The molecule has 0 bridgehead atoms. The molecule has 4 aliphatic carbocycles. The van der Waals surface area contributed by atoms with Crippen LogP contribution in [0.15, 0.2) is 29.3 Å². The van der Waals surface area contributed by atoms with Gasteiger partial charge in [-0.15, -0.1) is 0 Å². The van der Waals surface area contributed by atoms with Gasteiger partial charge in [0.2, 0.25) is 0 Å². The lowest BCUT2D eigenvalue weighted by molar-refractivity contribution is -0.163. The number of carbonyl (C=O) groups is 2. The number of hydrogen-bond acceptors (Lipinski definition) is 5. The van der Waals surface area contributed by atoms with Gasteiger partial charge in [0.25, 0.3) is 5.91 Å². The van der Waals surface area contributed by atoms with Crippen LogP contribution >= 0.6 is 0 Å². The number of hydrogen-bond donors (Lipinski definition) is 2. The second-order valence-corrected chi connectivity index (χ2v) is 13.6. The van der Waals surface area contributed by atoms with E-state index in [9.17, 15) is 19.8 Å². The molecule has 1 aromatic carbocycles. The van der Waals surface area contributed by atoms with E-state index in [2.05, 4.69) is 25.8 Å². The summed E-state index contributed by atoms with van der Waals surface area (Å²) in [6.45, 7) is 6.90. The quantitative estimate of drug-likeness (QED) is 0.435. The third kappa shape index (κ3) is 4.90. The summed E-state index contributed by atoms with van der Waals surface area (Å²) in [7, 11) is 1.45. The first-order valence-electron chi connectivity index (χ1n) is 15.2. The number of esters is 1. The Morgan fingerprint density at radius 1 is 1.13 bits per heavy atom. The van der Waals surface area contributed by atoms with Crippen molar-refractivity contribution in [3.63, 3.8) is 0 Å². The van der Waals surface area contributed by atoms with Gasteiger partial charge in [-0.1, -0.05) is 39.0 Å². The van der Waals surface area contributed by atoms with Gasteiger partial charge in [-0.05, 0) is 116 Å². The zero-order valence-corrected chi connectivity index (χ0v) is 24.2. The van der Waals surface area contributed by atoms with Crippen LogP contribution in [0.4, 0.5) is 0 Å². The number of aliphatic imine (C=N–C) groups is 1. The first-order valence-corrected chi connectivity index (χ1v) is 15.2. The van der Waals surface area contributed by atoms with Gasteiger partial charge in [0, 0.05) is 17.7 Å². The third-order valence-corrected chi connectivity index (χ3v) is 12.1. The number of methoxy groups -OCH3 is 1. The fraction of sp³-hybridized carbons (Fsp3) is 0.727. The maximum Gasteiger partial charge on any atom is 0.305 e. The van der Waals surface area contributed by atoms with Crippen molar-refractivity contribution >= 4 is 17.6 Å². The van der Waals surface area contributed by atoms with E-state index in [0.717, 1.165) is 50.7 Å². The molecular weight excluding hydrogens is 490 g/mol. The van der Waals surface area contributed by atoms with E-state index >= 15 is 0 Å². The molecule has 4 fully saturated rings. The molecule has 0 saturated heterocycles. The minimum Gasteiger partial charge on any atom is -0.469 e. The number of carbonyl (C=O) groups excluding carboxylic acids is 2. The predicted molar refractivity (Wildman–Crippen MR) is 151 cm³/mol. The van der Waals surface area contributed by atoms with Crippen LogP contribution in [0.5, 0.6) is 0 Å². The van der Waals surface area contributed by atoms with E-state index in [1.54, 1.807) is 12.1 Å². The van der Waals surface area contributed by atoms with Crippen molar-refractivity contribution in [1.29, 1.82) is 0 Å². The molecule has 0 aromatic heterocycles. The SMILES string of the molecule is COC(=O)CCC(C)[C@H]1CCC2C3CC[C@@H]4CC(=NC(=O)c5ccccc5CO)CC[C@]4(C)C3C[C@H](O)[C@@]21C. The highest BCUT2D eigenvalue weighted by atomic mass is 16.5. The molecule has 214 valence electrons. The lowest BCUT2D eigenvalue weighted by Crippen LogP contribution is -2.58. The topological polar surface area (TPSA) is 96.2 Å². The van der Waals surface area contributed by atoms with Crippen LogP contribution in [-0.2, 0) is 16.1 Å². The number of aliphatic hydroxyl groups is 2. The normalized spacial score (nSPS) is 39.4. The summed E-state index contributed by atoms with van der Waals surface area (Å²) in [6, 6.07) is 7.18. The monoisotopic (exact) mass is 537 g/mol. The van der Waals surface area contributed by atoms with Gasteiger partial charge in [-0.2, -0.15) is 0 Å². The van der Waals surface area contributed by atoms with Gasteiger partial charge in [0.05, 0.1) is 19.8 Å². The maximum atomic E-state index is 13.0. The maximum absolute atomic E-state index is 13.0. The summed E-state index contributed by atoms with van der Waals surface area (Å²) in [5, 5.41) is 21.4. The minimum atomic E-state index is -0.320. The number of aliphatic hydroxyl groups excluding tert-OH is 2. The van der Waals surface area contributed by atoms with Gasteiger partial charge in [-0.25, -0.2) is 4.99 Å². The zero-order chi connectivity index (χ0) is 27.9. The Hall–Kier alpha value is -2.05. The Balaban J connectivity index is 1.30. The Bertz CT molecular complexity index is 1120. The molecule has 1 aromatic rings. The summed E-state index contributed by atoms with van der Waals surface area (Å²) in [4.78, 5) is 29.4. The molecule has 0 radical (unpaired) electrons. The summed E-state index contributed by atoms with van der Waals surface area (Å²) in [5.41, 5.74) is 2.19. The fourth-order valence-electron chi connectivity index (χ4n) is 9.81. The van der Waals surface area contributed by atoms with Crippen LogP contribution in [-0.4, -0.2) is 41.0 Å². The Labute approximate surface area is 233 Å². The molecule has 4 unspecified atom stereocenters. The van der Waals surface area contributed by atoms with Crippen LogP contribution < -0.4 is 0 Å². The second kappa shape index (κ2) is 11.1. The first kappa shape index (κ1) is 28.5. The Morgan fingerprint density at radius 2 is 1.90 bits per heavy atom. The third-order valence-electron chi connectivity index (χ3n) is 12.1. The number of fused-ring (bicyclic) bond motifs is 5. The number of nitrogens with zero attached hydrogens (tertiary/aromatic N) is 1. The van der Waals surface area contributed by atoms with E-state index in [4.69, 9.17) is 4.74 Å². The van der Waals surface area contributed by atoms with Gasteiger partial charge >= 0.3 is 5.97 Å². The second-order valence-electron chi connectivity index (χ2n) is 13.6. The van der Waals surface area contributed by atoms with Crippen molar-refractivity contribution in [2.75, 3.05) is 7.11 Å². The summed E-state index contributed by atoms with van der Waals surface area (Å²) < 4.78 is 4.88. The fourth-order valence-corrected chi connectivity index (χ4v) is 9.81. The van der Waals surface area contributed by atoms with Gasteiger partial charge < -0.3 is 14.9 Å². The summed E-state index contributed by atoms with van der Waals surface area (Å²) in [6.07, 6.45) is 9.18. The Morgan fingerprint density at radius 3 is 2.64 bits per heavy atom. The Kier molecular flexibility index (Phi) is 8.09. The lowest BCUT2D eigenvalue weighted by Gasteiger charge is -2.62. The van der Waals surface area contributed by atoms with Gasteiger partial charge in [-0.3, -0.25) is 9.59 Å². The van der Waals surface area contributed by atoms with Crippen molar-refractivity contribution in [1.82, 2.24) is 0 Å². The average Bonchev–Trinajstić information content (AvgIpc) is 3.31. The number of rotatable bonds is 6. The van der Waals surface area contributed by atoms with E-state index in [1.807, 2.05) is 12.1 Å². The van der Waals surface area contributed by atoms with Gasteiger partial charge in [0.1, 0.15) is 0 Å². The summed E-state index contributed by atoms with van der Waals surface area (Å²) in [5.74, 6) is 2.59. The van der Waals surface area contributed by atoms with Crippen molar-refractivity contribution in [3.8, 4) is 0 Å². The molecule has 4 aliphatic rings. The molecule has 0 heterocycles. The average molecular weight is 538 g/mol. The molecule has 0 aliphatic heterocycles. The highest BCUT2D eigenvalue weighted by Gasteiger charge is 2.63. The zero-order valence-electron chi connectivity index (χ0n) is 24.2. The van der Waals surface area contributed by atoms with Crippen molar-refractivity contribution in [2.24, 2.45) is 51.3 Å². The highest BCUT2D eigenvalue weighted by Crippen LogP contribution is 2.68. The smallest absolute Gasteiger partial charge is 0.305 e. The largest absolute Gasteiger partial charge is 0.469 e. The molecule has 1 amide bonds. The van der Waals surface area contributed by atoms with Crippen molar-refractivity contribution in [2.45, 2.75) is 97.7 Å². The lowest BCUT2D eigenvalue weighted by atomic mass is 9.43. The predicted octanol–water partition coefficient (Wildman–Crippen LogP) is 5.98. The van der Waals surface area contributed by atoms with E-state index < -0.39 is 0 Å². The van der Waals surface area contributed by atoms with E-state index in [1.165, 1.54) is 20.0 Å². The molecule has 9 atom stereocenters. The molecule has 0 spiro atoms. The van der Waals surface area contributed by atoms with Crippen LogP contribution in [0.3, 0.4) is 0 Å². The molecule has 5 rings (SSSR count). The number of amides is 1. The van der Waals surface area contributed by atoms with E-state index in [0.29, 0.717) is 53.1 Å². The first-order chi connectivity index (χ1) is 18.6. The molecule has 4 saturated carbocycles. The minimum absolute atomic E-state index is 0.0896. The van der Waals surface area contributed by atoms with Gasteiger partial charge in [0.15, 0.2) is 0 Å².